The van der Waals surface area contributed by atoms with Crippen molar-refractivity contribution < 1.29 is 39.2 Å². The maximum atomic E-state index is 10.9. The molecule has 0 aliphatic carbocycles. The van der Waals surface area contributed by atoms with Gasteiger partial charge in [0.1, 0.15) is 0 Å². The molecule has 30 heavy (non-hydrogen) atoms. The molecule has 1 rings (SSSR count). The molecular weight excluding hydrogens is 398 g/mol. The number of carboxylic acid groups (broad SMARTS) is 3. The van der Waals surface area contributed by atoms with Gasteiger partial charge in [0.15, 0.2) is 0 Å². The smallest absolute Gasteiger partial charge is 0.304 e. The molecule has 0 spiro atoms. The van der Waals surface area contributed by atoms with E-state index in [-0.39, 0.29) is 19.3 Å². The van der Waals surface area contributed by atoms with Gasteiger partial charge in [-0.3, -0.25) is 29.1 Å². The Balaban J connectivity index is 2.65. The molecule has 1 fully saturated rings. The van der Waals surface area contributed by atoms with Crippen LogP contribution in [0, 0.1) is 0 Å². The van der Waals surface area contributed by atoms with Crippen molar-refractivity contribution in [2.45, 2.75) is 19.3 Å². The van der Waals surface area contributed by atoms with E-state index in [9.17, 15) is 14.4 Å². The monoisotopic (exact) mass is 433 g/mol. The molecular formula is C19H35N3O8. The first-order valence-electron chi connectivity index (χ1n) is 10.3. The minimum atomic E-state index is -0.864. The second-order valence-electron chi connectivity index (χ2n) is 7.18. The van der Waals surface area contributed by atoms with Crippen LogP contribution in [0.3, 0.4) is 0 Å². The van der Waals surface area contributed by atoms with Crippen LogP contribution in [0.5, 0.6) is 0 Å². The second-order valence-corrected chi connectivity index (χ2v) is 7.18. The highest BCUT2D eigenvalue weighted by Crippen LogP contribution is 2.00. The fraction of sp³-hybridized carbons (Fsp3) is 0.842. The Kier molecular flexibility index (Phi) is 14.0. The number of nitrogens with zero attached hydrogens (tertiary/aromatic N) is 3. The van der Waals surface area contributed by atoms with Gasteiger partial charge in [-0.2, -0.15) is 0 Å². The molecule has 1 aliphatic heterocycles. The first kappa shape index (κ1) is 26.2. The van der Waals surface area contributed by atoms with Crippen molar-refractivity contribution in [1.82, 2.24) is 14.7 Å². The molecule has 174 valence electrons. The Morgan fingerprint density at radius 1 is 0.533 bits per heavy atom. The van der Waals surface area contributed by atoms with Crippen molar-refractivity contribution in [3.63, 3.8) is 0 Å². The Labute approximate surface area is 177 Å². The van der Waals surface area contributed by atoms with Gasteiger partial charge in [0.05, 0.1) is 45.7 Å². The summed E-state index contributed by atoms with van der Waals surface area (Å²) in [6.45, 7) is 6.56. The zero-order valence-electron chi connectivity index (χ0n) is 17.5. The van der Waals surface area contributed by atoms with Crippen molar-refractivity contribution in [3.05, 3.63) is 0 Å². The summed E-state index contributed by atoms with van der Waals surface area (Å²) < 4.78 is 11.4. The maximum Gasteiger partial charge on any atom is 0.304 e. The van der Waals surface area contributed by atoms with Crippen molar-refractivity contribution >= 4 is 17.9 Å². The highest BCUT2D eigenvalue weighted by molar-refractivity contribution is 5.67. The maximum absolute atomic E-state index is 10.9. The minimum Gasteiger partial charge on any atom is -0.481 e. The van der Waals surface area contributed by atoms with Crippen molar-refractivity contribution in [2.24, 2.45) is 0 Å². The zero-order chi connectivity index (χ0) is 22.2. The van der Waals surface area contributed by atoms with E-state index in [1.165, 1.54) is 0 Å². The van der Waals surface area contributed by atoms with Crippen LogP contribution < -0.4 is 0 Å². The lowest BCUT2D eigenvalue weighted by molar-refractivity contribution is -0.138. The average Bonchev–Trinajstić information content (AvgIpc) is 2.69. The number of rotatable bonds is 9. The van der Waals surface area contributed by atoms with Gasteiger partial charge in [-0.1, -0.05) is 0 Å². The molecule has 0 aromatic rings. The van der Waals surface area contributed by atoms with Crippen LogP contribution in [-0.2, 0) is 23.9 Å². The molecule has 0 aromatic heterocycles. The Bertz CT molecular complexity index is 484. The highest BCUT2D eigenvalue weighted by atomic mass is 16.5. The summed E-state index contributed by atoms with van der Waals surface area (Å²) in [6, 6.07) is 0. The second kappa shape index (κ2) is 16.0. The predicted molar refractivity (Wildman–Crippen MR) is 108 cm³/mol. The van der Waals surface area contributed by atoms with E-state index in [4.69, 9.17) is 24.8 Å². The topological polar surface area (TPSA) is 140 Å². The van der Waals surface area contributed by atoms with Crippen LogP contribution in [0.4, 0.5) is 0 Å². The Morgan fingerprint density at radius 3 is 1.07 bits per heavy atom. The average molecular weight is 434 g/mol. The molecule has 11 heteroatoms. The lowest BCUT2D eigenvalue weighted by Crippen LogP contribution is -2.40. The molecule has 11 nitrogen and oxygen atoms in total. The lowest BCUT2D eigenvalue weighted by Gasteiger charge is -2.27. The largest absolute Gasteiger partial charge is 0.481 e. The van der Waals surface area contributed by atoms with Crippen LogP contribution in [0.1, 0.15) is 19.3 Å². The molecule has 0 amide bonds. The fourth-order valence-corrected chi connectivity index (χ4v) is 3.03. The van der Waals surface area contributed by atoms with Crippen LogP contribution in [-0.4, -0.2) is 133 Å². The van der Waals surface area contributed by atoms with Crippen molar-refractivity contribution in [2.75, 3.05) is 85.3 Å². The van der Waals surface area contributed by atoms with Crippen LogP contribution in [0.15, 0.2) is 0 Å². The molecule has 1 aliphatic rings. The Morgan fingerprint density at radius 2 is 0.800 bits per heavy atom. The first-order chi connectivity index (χ1) is 14.4. The van der Waals surface area contributed by atoms with E-state index in [0.717, 1.165) is 0 Å². The summed E-state index contributed by atoms with van der Waals surface area (Å²) in [5.74, 6) is -2.58. The van der Waals surface area contributed by atoms with Crippen molar-refractivity contribution in [3.8, 4) is 0 Å². The molecule has 0 radical (unpaired) electrons. The van der Waals surface area contributed by atoms with E-state index in [2.05, 4.69) is 0 Å². The number of aliphatic carboxylic acids is 3. The fourth-order valence-electron chi connectivity index (χ4n) is 3.03. The van der Waals surface area contributed by atoms with Gasteiger partial charge >= 0.3 is 17.9 Å². The summed E-state index contributed by atoms with van der Waals surface area (Å²) >= 11 is 0. The van der Waals surface area contributed by atoms with E-state index < -0.39 is 17.9 Å². The SMILES string of the molecule is O=C(O)CCN1CCOCCN(CCC(=O)O)CCN(CCC(=O)O)CCOCC1. The van der Waals surface area contributed by atoms with E-state index >= 15 is 0 Å². The molecule has 0 saturated carbocycles. The van der Waals surface area contributed by atoms with Gasteiger partial charge < -0.3 is 24.8 Å². The Hall–Kier alpha value is -1.79. The third-order valence-electron chi connectivity index (χ3n) is 4.87. The van der Waals surface area contributed by atoms with E-state index in [1.54, 1.807) is 0 Å². The van der Waals surface area contributed by atoms with E-state index in [0.29, 0.717) is 85.3 Å². The summed E-state index contributed by atoms with van der Waals surface area (Å²) in [4.78, 5) is 38.7. The molecule has 0 aromatic carbocycles. The molecule has 1 saturated heterocycles. The van der Waals surface area contributed by atoms with Gasteiger partial charge in [0, 0.05) is 58.9 Å². The van der Waals surface area contributed by atoms with E-state index in [1.807, 2.05) is 14.7 Å². The number of carboxylic acids is 3. The normalized spacial score (nSPS) is 19.6. The van der Waals surface area contributed by atoms with Gasteiger partial charge in [-0.25, -0.2) is 0 Å². The van der Waals surface area contributed by atoms with Gasteiger partial charge in [0.25, 0.3) is 0 Å². The molecule has 3 N–H and O–H groups in total. The number of carbonyl (C=O) groups is 3. The van der Waals surface area contributed by atoms with Crippen LogP contribution in [0.25, 0.3) is 0 Å². The number of hydrogen-bond acceptors (Lipinski definition) is 8. The quantitative estimate of drug-likeness (QED) is 0.428. The molecule has 0 atom stereocenters. The third-order valence-corrected chi connectivity index (χ3v) is 4.87. The van der Waals surface area contributed by atoms with Gasteiger partial charge in [-0.05, 0) is 0 Å². The summed E-state index contributed by atoms with van der Waals surface area (Å²) in [5, 5.41) is 26.8. The predicted octanol–water partition coefficient (Wildman–Crippen LogP) is -0.637. The van der Waals surface area contributed by atoms with Gasteiger partial charge in [-0.15, -0.1) is 0 Å². The third kappa shape index (κ3) is 14.2. The number of hydrogen-bond donors (Lipinski definition) is 3. The lowest BCUT2D eigenvalue weighted by atomic mass is 10.3. The minimum absolute atomic E-state index is 0.0290. The summed E-state index contributed by atoms with van der Waals surface area (Å²) in [6.07, 6.45) is 0.105. The van der Waals surface area contributed by atoms with Crippen LogP contribution >= 0.6 is 0 Å². The molecule has 0 bridgehead atoms. The van der Waals surface area contributed by atoms with Crippen molar-refractivity contribution in [1.29, 1.82) is 0 Å². The zero-order valence-corrected chi connectivity index (χ0v) is 17.5. The standard InChI is InChI=1S/C19H35N3O8/c23-17(24)1-4-20-7-8-21(5-2-18(25)26)10-14-30-16-12-22(6-3-19(27)28)11-15-29-13-9-20/h1-16H2,(H,23,24)(H,25,26)(H,27,28). The summed E-state index contributed by atoms with van der Waals surface area (Å²) in [5.41, 5.74) is 0. The number of ether oxygens (including phenoxy) is 2. The summed E-state index contributed by atoms with van der Waals surface area (Å²) in [7, 11) is 0. The van der Waals surface area contributed by atoms with Crippen LogP contribution in [0.2, 0.25) is 0 Å². The highest BCUT2D eigenvalue weighted by Gasteiger charge is 2.14. The molecule has 0 unspecified atom stereocenters. The molecule has 1 heterocycles. The first-order valence-corrected chi connectivity index (χ1v) is 10.3. The van der Waals surface area contributed by atoms with Gasteiger partial charge in [0.2, 0.25) is 0 Å².